The smallest absolute Gasteiger partial charge is 0.327 e. The van der Waals surface area contributed by atoms with Gasteiger partial charge in [0, 0.05) is 18.2 Å². The van der Waals surface area contributed by atoms with Crippen molar-refractivity contribution >= 4 is 21.4 Å². The van der Waals surface area contributed by atoms with E-state index in [2.05, 4.69) is 5.32 Å². The summed E-state index contributed by atoms with van der Waals surface area (Å²) in [5.74, 6) is -3.34. The summed E-state index contributed by atoms with van der Waals surface area (Å²) in [6.07, 6.45) is 2.25. The number of amides is 1. The van der Waals surface area contributed by atoms with Gasteiger partial charge >= 0.3 is 5.76 Å². The highest BCUT2D eigenvalue weighted by molar-refractivity contribution is 7.91. The molecule has 0 radical (unpaired) electrons. The summed E-state index contributed by atoms with van der Waals surface area (Å²) in [7, 11) is -4.61. The summed E-state index contributed by atoms with van der Waals surface area (Å²) in [5, 5.41) is 2.56. The van der Waals surface area contributed by atoms with E-state index < -0.39 is 20.5 Å². The third kappa shape index (κ3) is 3.98. The van der Waals surface area contributed by atoms with Crippen LogP contribution in [0.2, 0.25) is 0 Å². The molecule has 1 aliphatic rings. The fourth-order valence-corrected chi connectivity index (χ4v) is 2.67. The number of nitrogens with one attached hydrogen (secondary N) is 1. The van der Waals surface area contributed by atoms with Crippen LogP contribution in [0.4, 0.5) is 14.5 Å². The third-order valence-corrected chi connectivity index (χ3v) is 4.75. The fourth-order valence-electron chi connectivity index (χ4n) is 1.95. The van der Waals surface area contributed by atoms with Crippen LogP contribution in [0.25, 0.3) is 0 Å². The highest BCUT2D eigenvalue weighted by Crippen LogP contribution is 2.32. The van der Waals surface area contributed by atoms with Gasteiger partial charge < -0.3 is 11.1 Å². The van der Waals surface area contributed by atoms with Crippen LogP contribution in [0.3, 0.4) is 0 Å². The first kappa shape index (κ1) is 15.8. The van der Waals surface area contributed by atoms with E-state index >= 15 is 0 Å². The largest absolute Gasteiger partial charge is 0.341 e. The van der Waals surface area contributed by atoms with E-state index in [4.69, 9.17) is 5.73 Å². The number of alkyl halides is 2. The minimum Gasteiger partial charge on any atom is -0.327 e. The van der Waals surface area contributed by atoms with Crippen molar-refractivity contribution in [2.45, 2.75) is 36.0 Å². The quantitative estimate of drug-likeness (QED) is 0.836. The molecular weight excluding hydrogens is 302 g/mol. The van der Waals surface area contributed by atoms with E-state index in [0.717, 1.165) is 25.0 Å². The molecule has 1 amide bonds. The van der Waals surface area contributed by atoms with Crippen LogP contribution >= 0.6 is 0 Å². The van der Waals surface area contributed by atoms with E-state index in [-0.39, 0.29) is 18.4 Å². The van der Waals surface area contributed by atoms with Gasteiger partial charge in [-0.15, -0.1) is 0 Å². The molecule has 0 spiro atoms. The number of carbonyl (C=O) groups excluding carboxylic acids is 1. The normalized spacial score (nSPS) is 16.8. The topological polar surface area (TPSA) is 89.3 Å². The van der Waals surface area contributed by atoms with Crippen molar-refractivity contribution in [2.24, 2.45) is 11.7 Å². The van der Waals surface area contributed by atoms with Crippen LogP contribution in [0.15, 0.2) is 29.2 Å². The Balaban J connectivity index is 1.97. The van der Waals surface area contributed by atoms with E-state index in [1.54, 1.807) is 0 Å². The first-order chi connectivity index (χ1) is 9.80. The van der Waals surface area contributed by atoms with Crippen LogP contribution in [0.5, 0.6) is 0 Å². The zero-order valence-electron chi connectivity index (χ0n) is 11.1. The summed E-state index contributed by atoms with van der Waals surface area (Å²) >= 11 is 0. The number of hydrogen-bond acceptors (Lipinski definition) is 4. The van der Waals surface area contributed by atoms with Crippen LogP contribution in [-0.2, 0) is 14.6 Å². The van der Waals surface area contributed by atoms with E-state index in [1.165, 1.54) is 12.1 Å². The van der Waals surface area contributed by atoms with Gasteiger partial charge in [-0.25, -0.2) is 8.42 Å². The third-order valence-electron chi connectivity index (χ3n) is 3.35. The van der Waals surface area contributed by atoms with Crippen molar-refractivity contribution < 1.29 is 22.0 Å². The number of carbonyl (C=O) groups is 1. The van der Waals surface area contributed by atoms with Crippen molar-refractivity contribution in [3.8, 4) is 0 Å². The van der Waals surface area contributed by atoms with Crippen molar-refractivity contribution in [2.75, 3.05) is 5.32 Å². The Labute approximate surface area is 121 Å². The number of rotatable bonds is 6. The first-order valence-corrected chi connectivity index (χ1v) is 8.03. The summed E-state index contributed by atoms with van der Waals surface area (Å²) in [4.78, 5) is 11.2. The SMILES string of the molecule is NC(CC(=O)Nc1ccc(S(=O)(=O)C(F)F)cc1)C1CC1. The molecule has 1 unspecified atom stereocenters. The Hall–Kier alpha value is -1.54. The fraction of sp³-hybridized carbons (Fsp3) is 0.462. The summed E-state index contributed by atoms with van der Waals surface area (Å²) in [6, 6.07) is 4.45. The molecule has 1 saturated carbocycles. The van der Waals surface area contributed by atoms with Gasteiger partial charge in [-0.1, -0.05) is 0 Å². The number of halogens is 2. The molecule has 0 aliphatic heterocycles. The van der Waals surface area contributed by atoms with E-state index in [0.29, 0.717) is 11.6 Å². The molecule has 21 heavy (non-hydrogen) atoms. The molecule has 1 aromatic carbocycles. The second-order valence-corrected chi connectivity index (χ2v) is 7.00. The van der Waals surface area contributed by atoms with Gasteiger partial charge in [0.1, 0.15) is 0 Å². The molecule has 5 nitrogen and oxygen atoms in total. The summed E-state index contributed by atoms with van der Waals surface area (Å²) in [5.41, 5.74) is 6.17. The Morgan fingerprint density at radius 3 is 2.33 bits per heavy atom. The lowest BCUT2D eigenvalue weighted by Gasteiger charge is -2.11. The van der Waals surface area contributed by atoms with Gasteiger partial charge in [0.05, 0.1) is 4.90 Å². The second kappa shape index (κ2) is 6.07. The maximum atomic E-state index is 12.4. The van der Waals surface area contributed by atoms with Crippen molar-refractivity contribution in [3.05, 3.63) is 24.3 Å². The van der Waals surface area contributed by atoms with Crippen molar-refractivity contribution in [1.82, 2.24) is 0 Å². The second-order valence-electron chi connectivity index (χ2n) is 5.08. The zero-order chi connectivity index (χ0) is 15.6. The molecule has 1 atom stereocenters. The Bertz CT molecular complexity index is 613. The molecule has 0 heterocycles. The minimum atomic E-state index is -4.61. The maximum Gasteiger partial charge on any atom is 0.341 e. The number of hydrogen-bond donors (Lipinski definition) is 2. The monoisotopic (exact) mass is 318 g/mol. The average molecular weight is 318 g/mol. The highest BCUT2D eigenvalue weighted by atomic mass is 32.2. The van der Waals surface area contributed by atoms with Gasteiger partial charge in [-0.05, 0) is 43.0 Å². The van der Waals surface area contributed by atoms with Gasteiger partial charge in [-0.3, -0.25) is 4.79 Å². The number of sulfone groups is 1. The first-order valence-electron chi connectivity index (χ1n) is 6.48. The van der Waals surface area contributed by atoms with E-state index in [1.807, 2.05) is 0 Å². The van der Waals surface area contributed by atoms with Crippen molar-refractivity contribution in [1.29, 1.82) is 0 Å². The molecular formula is C13H16F2N2O3S. The van der Waals surface area contributed by atoms with Gasteiger partial charge in [-0.2, -0.15) is 8.78 Å². The molecule has 3 N–H and O–H groups in total. The van der Waals surface area contributed by atoms with Crippen LogP contribution in [-0.4, -0.2) is 26.1 Å². The molecule has 0 bridgehead atoms. The van der Waals surface area contributed by atoms with Crippen molar-refractivity contribution in [3.63, 3.8) is 0 Å². The molecule has 1 aromatic rings. The predicted molar refractivity (Wildman–Crippen MR) is 73.6 cm³/mol. The van der Waals surface area contributed by atoms with Crippen LogP contribution in [0, 0.1) is 5.92 Å². The number of anilines is 1. The lowest BCUT2D eigenvalue weighted by molar-refractivity contribution is -0.116. The Morgan fingerprint density at radius 1 is 1.29 bits per heavy atom. The Morgan fingerprint density at radius 2 is 1.86 bits per heavy atom. The summed E-state index contributed by atoms with van der Waals surface area (Å²) < 4.78 is 47.2. The van der Waals surface area contributed by atoms with Gasteiger partial charge in [0.2, 0.25) is 15.7 Å². The van der Waals surface area contributed by atoms with Crippen LogP contribution < -0.4 is 11.1 Å². The molecule has 1 fully saturated rings. The average Bonchev–Trinajstić information content (AvgIpc) is 3.23. The van der Waals surface area contributed by atoms with Gasteiger partial charge in [0.15, 0.2) is 0 Å². The molecule has 0 saturated heterocycles. The lowest BCUT2D eigenvalue weighted by Crippen LogP contribution is -2.28. The standard InChI is InChI=1S/C13H16F2N2O3S/c14-13(15)21(19,20)10-5-3-9(4-6-10)17-12(18)7-11(16)8-1-2-8/h3-6,8,11,13H,1-2,7,16H2,(H,17,18). The molecule has 8 heteroatoms. The predicted octanol–water partition coefficient (Wildman–Crippen LogP) is 1.75. The molecule has 1 aliphatic carbocycles. The number of benzene rings is 1. The van der Waals surface area contributed by atoms with Gasteiger partial charge in [0.25, 0.3) is 0 Å². The van der Waals surface area contributed by atoms with E-state index in [9.17, 15) is 22.0 Å². The lowest BCUT2D eigenvalue weighted by atomic mass is 10.1. The molecule has 0 aromatic heterocycles. The Kier molecular flexibility index (Phi) is 4.58. The molecule has 2 rings (SSSR count). The van der Waals surface area contributed by atoms with Crippen LogP contribution in [0.1, 0.15) is 19.3 Å². The highest BCUT2D eigenvalue weighted by Gasteiger charge is 2.30. The number of nitrogens with two attached hydrogens (primary N) is 1. The summed E-state index contributed by atoms with van der Waals surface area (Å²) in [6.45, 7) is 0. The molecule has 116 valence electrons. The maximum absolute atomic E-state index is 12.4. The zero-order valence-corrected chi connectivity index (χ0v) is 11.9. The minimum absolute atomic E-state index is 0.177.